The van der Waals surface area contributed by atoms with Gasteiger partial charge >= 0.3 is 0 Å². The van der Waals surface area contributed by atoms with Crippen molar-refractivity contribution in [3.8, 4) is 0 Å². The Hall–Kier alpha value is -2.24. The Morgan fingerprint density at radius 2 is 1.94 bits per heavy atom. The van der Waals surface area contributed by atoms with Gasteiger partial charge in [0, 0.05) is 20.2 Å². The molecule has 1 aromatic heterocycles. The van der Waals surface area contributed by atoms with Crippen LogP contribution in [0.5, 0.6) is 0 Å². The number of hydrogen-bond acceptors (Lipinski definition) is 4. The smallest absolute Gasteiger partial charge is 0.182 e. The summed E-state index contributed by atoms with van der Waals surface area (Å²) in [4.78, 5) is 9.76. The van der Waals surface area contributed by atoms with Gasteiger partial charge in [-0.15, -0.1) is 0 Å². The van der Waals surface area contributed by atoms with Crippen LogP contribution in [0.1, 0.15) is 0 Å². The molecule has 1 aromatic carbocycles. The Labute approximate surface area is 103 Å². The molecule has 1 heterocycles. The monoisotopic (exact) mass is 250 g/mol. The molecule has 0 unspecified atom stereocenters. The summed E-state index contributed by atoms with van der Waals surface area (Å²) in [7, 11) is 3.66. The van der Waals surface area contributed by atoms with Crippen molar-refractivity contribution in [2.75, 3.05) is 24.3 Å². The molecule has 0 fully saturated rings. The van der Waals surface area contributed by atoms with Crippen LogP contribution in [-0.2, 0) is 0 Å². The number of nitrogens with one attached hydrogen (secondary N) is 1. The van der Waals surface area contributed by atoms with Crippen molar-refractivity contribution in [1.82, 2.24) is 9.97 Å². The van der Waals surface area contributed by atoms with Crippen molar-refractivity contribution < 1.29 is 8.78 Å². The van der Waals surface area contributed by atoms with Crippen LogP contribution in [0.25, 0.3) is 0 Å². The highest BCUT2D eigenvalue weighted by atomic mass is 19.2. The molecule has 0 saturated heterocycles. The van der Waals surface area contributed by atoms with Crippen LogP contribution in [0.3, 0.4) is 0 Å². The quantitative estimate of drug-likeness (QED) is 0.909. The van der Waals surface area contributed by atoms with E-state index in [1.54, 1.807) is 11.0 Å². The Bertz CT molecular complexity index is 558. The Morgan fingerprint density at radius 1 is 1.17 bits per heavy atom. The van der Waals surface area contributed by atoms with Crippen LogP contribution >= 0.6 is 0 Å². The Morgan fingerprint density at radius 3 is 2.67 bits per heavy atom. The maximum Gasteiger partial charge on any atom is 0.182 e. The van der Waals surface area contributed by atoms with E-state index >= 15 is 0 Å². The third-order valence-corrected chi connectivity index (χ3v) is 2.33. The molecule has 0 radical (unpaired) electrons. The molecular weight excluding hydrogens is 238 g/mol. The van der Waals surface area contributed by atoms with E-state index in [4.69, 9.17) is 0 Å². The number of nitrogens with zero attached hydrogens (tertiary/aromatic N) is 3. The molecule has 94 valence electrons. The maximum atomic E-state index is 13.5. The van der Waals surface area contributed by atoms with Gasteiger partial charge < -0.3 is 10.2 Å². The lowest BCUT2D eigenvalue weighted by atomic mass is 10.3. The summed E-state index contributed by atoms with van der Waals surface area (Å²) >= 11 is 0. The topological polar surface area (TPSA) is 41.0 Å². The van der Waals surface area contributed by atoms with Crippen LogP contribution in [0.2, 0.25) is 0 Å². The number of hydrogen-bond donors (Lipinski definition) is 1. The van der Waals surface area contributed by atoms with E-state index in [0.717, 1.165) is 6.07 Å². The second-order valence-corrected chi connectivity index (χ2v) is 3.88. The lowest BCUT2D eigenvalue weighted by Gasteiger charge is -2.12. The highest BCUT2D eigenvalue weighted by Gasteiger charge is 2.08. The zero-order chi connectivity index (χ0) is 13.1. The minimum atomic E-state index is -0.928. The highest BCUT2D eigenvalue weighted by Crippen LogP contribution is 2.21. The largest absolute Gasteiger partial charge is 0.363 e. The predicted molar refractivity (Wildman–Crippen MR) is 66.0 cm³/mol. The van der Waals surface area contributed by atoms with Crippen molar-refractivity contribution in [3.05, 3.63) is 42.2 Å². The molecule has 0 amide bonds. The van der Waals surface area contributed by atoms with Crippen LogP contribution < -0.4 is 10.2 Å². The van der Waals surface area contributed by atoms with E-state index in [9.17, 15) is 8.78 Å². The highest BCUT2D eigenvalue weighted by molar-refractivity contribution is 5.59. The first kappa shape index (κ1) is 12.2. The summed E-state index contributed by atoms with van der Waals surface area (Å²) in [5.74, 6) is -0.757. The minimum absolute atomic E-state index is 0.0402. The molecule has 0 aliphatic heterocycles. The molecule has 18 heavy (non-hydrogen) atoms. The fraction of sp³-hybridized carbons (Fsp3) is 0.167. The molecule has 0 bridgehead atoms. The number of rotatable bonds is 3. The molecule has 0 atom stereocenters. The van der Waals surface area contributed by atoms with Gasteiger partial charge in [0.05, 0.1) is 5.69 Å². The fourth-order valence-electron chi connectivity index (χ4n) is 1.40. The fourth-order valence-corrected chi connectivity index (χ4v) is 1.40. The lowest BCUT2D eigenvalue weighted by Crippen LogP contribution is -2.11. The van der Waals surface area contributed by atoms with E-state index < -0.39 is 11.6 Å². The Kier molecular flexibility index (Phi) is 3.36. The SMILES string of the molecule is CN(C)c1cc(Nc2cccc(F)c2F)ncn1. The lowest BCUT2D eigenvalue weighted by molar-refractivity contribution is 0.511. The van der Waals surface area contributed by atoms with E-state index in [-0.39, 0.29) is 5.69 Å². The third kappa shape index (κ3) is 2.53. The first-order chi connectivity index (χ1) is 8.58. The van der Waals surface area contributed by atoms with Gasteiger partial charge in [-0.25, -0.2) is 18.7 Å². The summed E-state index contributed by atoms with van der Waals surface area (Å²) in [6.07, 6.45) is 1.36. The average molecular weight is 250 g/mol. The van der Waals surface area contributed by atoms with Crippen LogP contribution in [0.15, 0.2) is 30.6 Å². The van der Waals surface area contributed by atoms with Gasteiger partial charge in [-0.3, -0.25) is 0 Å². The zero-order valence-corrected chi connectivity index (χ0v) is 9.98. The minimum Gasteiger partial charge on any atom is -0.363 e. The number of aromatic nitrogens is 2. The van der Waals surface area contributed by atoms with E-state index in [0.29, 0.717) is 11.6 Å². The predicted octanol–water partition coefficient (Wildman–Crippen LogP) is 2.56. The standard InChI is InChI=1S/C12H12F2N4/c1-18(2)11-6-10(15-7-16-11)17-9-5-3-4-8(13)12(9)14/h3-7H,1-2H3,(H,15,16,17). The normalized spacial score (nSPS) is 10.2. The summed E-state index contributed by atoms with van der Waals surface area (Å²) in [5, 5.41) is 2.72. The molecular formula is C12H12F2N4. The summed E-state index contributed by atoms with van der Waals surface area (Å²) in [5.41, 5.74) is 0.0402. The zero-order valence-electron chi connectivity index (χ0n) is 9.98. The molecule has 6 heteroatoms. The van der Waals surface area contributed by atoms with Gasteiger partial charge in [-0.2, -0.15) is 0 Å². The molecule has 0 aliphatic rings. The second-order valence-electron chi connectivity index (χ2n) is 3.88. The van der Waals surface area contributed by atoms with Crippen molar-refractivity contribution in [1.29, 1.82) is 0 Å². The van der Waals surface area contributed by atoms with Crippen LogP contribution in [-0.4, -0.2) is 24.1 Å². The summed E-state index contributed by atoms with van der Waals surface area (Å²) in [6, 6.07) is 5.57. The summed E-state index contributed by atoms with van der Waals surface area (Å²) in [6.45, 7) is 0. The number of anilines is 3. The molecule has 2 rings (SSSR count). The van der Waals surface area contributed by atoms with Gasteiger partial charge in [0.1, 0.15) is 18.0 Å². The first-order valence-corrected chi connectivity index (χ1v) is 5.28. The van der Waals surface area contributed by atoms with E-state index in [2.05, 4.69) is 15.3 Å². The maximum absolute atomic E-state index is 13.5. The first-order valence-electron chi connectivity index (χ1n) is 5.28. The van der Waals surface area contributed by atoms with Crippen LogP contribution in [0, 0.1) is 11.6 Å². The van der Waals surface area contributed by atoms with Crippen molar-refractivity contribution in [2.24, 2.45) is 0 Å². The summed E-state index contributed by atoms with van der Waals surface area (Å²) < 4.78 is 26.5. The van der Waals surface area contributed by atoms with Gasteiger partial charge in [-0.1, -0.05) is 6.07 Å². The molecule has 4 nitrogen and oxygen atoms in total. The molecule has 2 aromatic rings. The Balaban J connectivity index is 2.28. The van der Waals surface area contributed by atoms with Gasteiger partial charge in [-0.05, 0) is 12.1 Å². The average Bonchev–Trinajstić information content (AvgIpc) is 2.35. The van der Waals surface area contributed by atoms with Gasteiger partial charge in [0.2, 0.25) is 0 Å². The molecule has 0 aliphatic carbocycles. The van der Waals surface area contributed by atoms with Crippen molar-refractivity contribution in [2.45, 2.75) is 0 Å². The van der Waals surface area contributed by atoms with E-state index in [1.807, 2.05) is 14.1 Å². The van der Waals surface area contributed by atoms with Gasteiger partial charge in [0.15, 0.2) is 11.6 Å². The van der Waals surface area contributed by atoms with Crippen molar-refractivity contribution in [3.63, 3.8) is 0 Å². The number of benzene rings is 1. The van der Waals surface area contributed by atoms with Crippen molar-refractivity contribution >= 4 is 17.3 Å². The van der Waals surface area contributed by atoms with E-state index in [1.165, 1.54) is 18.5 Å². The second kappa shape index (κ2) is 4.95. The molecule has 0 saturated carbocycles. The third-order valence-electron chi connectivity index (χ3n) is 2.33. The number of halogens is 2. The van der Waals surface area contributed by atoms with Gasteiger partial charge in [0.25, 0.3) is 0 Å². The molecule has 1 N–H and O–H groups in total. The molecule has 0 spiro atoms. The van der Waals surface area contributed by atoms with Crippen LogP contribution in [0.4, 0.5) is 26.1 Å².